The predicted molar refractivity (Wildman–Crippen MR) is 149 cm³/mol. The van der Waals surface area contributed by atoms with Gasteiger partial charge in [0.2, 0.25) is 11.8 Å². The summed E-state index contributed by atoms with van der Waals surface area (Å²) in [5.41, 5.74) is 2.30. The Labute approximate surface area is 231 Å². The van der Waals surface area contributed by atoms with E-state index in [-0.39, 0.29) is 24.4 Å². The van der Waals surface area contributed by atoms with Gasteiger partial charge < -0.3 is 24.0 Å². The van der Waals surface area contributed by atoms with E-state index in [1.807, 2.05) is 23.1 Å². The normalized spacial score (nSPS) is 19.4. The molecule has 0 radical (unpaired) electrons. The second-order valence-corrected chi connectivity index (χ2v) is 11.7. The molecule has 0 spiro atoms. The number of hydrogen-bond donors (Lipinski definition) is 0. The van der Waals surface area contributed by atoms with Gasteiger partial charge in [-0.05, 0) is 89.8 Å². The number of fused-ring (bicyclic) bond motifs is 1. The van der Waals surface area contributed by atoms with Crippen LogP contribution in [0.5, 0.6) is 0 Å². The third-order valence-corrected chi connectivity index (χ3v) is 7.77. The minimum atomic E-state index is -0.642. The van der Waals surface area contributed by atoms with Gasteiger partial charge in [-0.15, -0.1) is 0 Å². The molecule has 3 amide bonds. The van der Waals surface area contributed by atoms with Gasteiger partial charge in [0.15, 0.2) is 0 Å². The first kappa shape index (κ1) is 28.5. The van der Waals surface area contributed by atoms with Crippen molar-refractivity contribution < 1.29 is 19.1 Å². The average molecular weight is 536 g/mol. The van der Waals surface area contributed by atoms with E-state index in [1.165, 1.54) is 10.6 Å². The summed E-state index contributed by atoms with van der Waals surface area (Å²) in [6, 6.07) is 9.88. The Hall–Kier alpha value is -3.54. The van der Waals surface area contributed by atoms with Crippen molar-refractivity contribution in [3.8, 4) is 6.07 Å². The molecule has 0 N–H and O–H groups in total. The van der Waals surface area contributed by atoms with Gasteiger partial charge in [-0.3, -0.25) is 9.59 Å². The summed E-state index contributed by atoms with van der Waals surface area (Å²) < 4.78 is 7.63. The maximum absolute atomic E-state index is 13.7. The van der Waals surface area contributed by atoms with Crippen LogP contribution >= 0.6 is 0 Å². The summed E-state index contributed by atoms with van der Waals surface area (Å²) in [6.45, 7) is 9.41. The number of amides is 3. The van der Waals surface area contributed by atoms with Crippen molar-refractivity contribution in [1.29, 1.82) is 5.26 Å². The number of likely N-dealkylation sites (N-methyl/N-ethyl adjacent to an activating group) is 1. The van der Waals surface area contributed by atoms with E-state index in [2.05, 4.69) is 23.6 Å². The van der Waals surface area contributed by atoms with E-state index >= 15 is 0 Å². The van der Waals surface area contributed by atoms with Gasteiger partial charge in [0.25, 0.3) is 0 Å². The predicted octanol–water partition coefficient (Wildman–Crippen LogP) is 4.31. The maximum atomic E-state index is 13.7. The molecule has 1 aromatic heterocycles. The van der Waals surface area contributed by atoms with Gasteiger partial charge in [-0.25, -0.2) is 4.79 Å². The number of ether oxygens (including phenoxy) is 1. The monoisotopic (exact) mass is 535 g/mol. The number of hydrogen-bond acceptors (Lipinski definition) is 5. The molecule has 1 aromatic carbocycles. The molecule has 2 aliphatic heterocycles. The zero-order valence-electron chi connectivity index (χ0n) is 23.9. The quantitative estimate of drug-likeness (QED) is 0.526. The van der Waals surface area contributed by atoms with Crippen molar-refractivity contribution in [1.82, 2.24) is 19.3 Å². The molecule has 9 heteroatoms. The molecule has 2 atom stereocenters. The Morgan fingerprint density at radius 1 is 1.10 bits per heavy atom. The van der Waals surface area contributed by atoms with Crippen LogP contribution in [0.25, 0.3) is 10.9 Å². The first-order valence-electron chi connectivity index (χ1n) is 14.1. The van der Waals surface area contributed by atoms with Crippen LogP contribution in [-0.4, -0.2) is 81.5 Å². The summed E-state index contributed by atoms with van der Waals surface area (Å²) in [7, 11) is 1.55. The summed E-state index contributed by atoms with van der Waals surface area (Å²) in [6.07, 6.45) is 4.49. The first-order valence-corrected chi connectivity index (χ1v) is 14.1. The molecule has 3 heterocycles. The van der Waals surface area contributed by atoms with E-state index < -0.39 is 17.7 Å². The molecule has 0 bridgehead atoms. The van der Waals surface area contributed by atoms with Crippen LogP contribution in [0.2, 0.25) is 0 Å². The number of nitrogens with zero attached hydrogens (tertiary/aromatic N) is 5. The van der Waals surface area contributed by atoms with Crippen LogP contribution in [0.3, 0.4) is 0 Å². The number of aromatic nitrogens is 1. The number of carbonyl (C=O) groups excluding carboxylic acids is 3. The average Bonchev–Trinajstić information content (AvgIpc) is 3.63. The largest absolute Gasteiger partial charge is 0.444 e. The molecule has 210 valence electrons. The molecule has 2 aromatic rings. The zero-order chi connectivity index (χ0) is 28.3. The fourth-order valence-electron chi connectivity index (χ4n) is 5.91. The van der Waals surface area contributed by atoms with E-state index in [1.54, 1.807) is 32.7 Å². The van der Waals surface area contributed by atoms with Gasteiger partial charge in [-0.1, -0.05) is 6.07 Å². The summed E-state index contributed by atoms with van der Waals surface area (Å²) in [5, 5.41) is 10.4. The second-order valence-electron chi connectivity index (χ2n) is 11.7. The summed E-state index contributed by atoms with van der Waals surface area (Å²) >= 11 is 0. The van der Waals surface area contributed by atoms with Crippen LogP contribution < -0.4 is 0 Å². The minimum Gasteiger partial charge on any atom is -0.444 e. The van der Waals surface area contributed by atoms with Crippen LogP contribution in [0.4, 0.5) is 4.79 Å². The minimum absolute atomic E-state index is 0.0259. The van der Waals surface area contributed by atoms with Crippen molar-refractivity contribution in [2.45, 2.75) is 90.4 Å². The third kappa shape index (κ3) is 6.38. The maximum Gasteiger partial charge on any atom is 0.410 e. The highest BCUT2D eigenvalue weighted by Crippen LogP contribution is 2.29. The van der Waals surface area contributed by atoms with Crippen LogP contribution in [-0.2, 0) is 27.3 Å². The Morgan fingerprint density at radius 3 is 2.51 bits per heavy atom. The SMILES string of the molecule is CCn1c(CC[C@@H]2CCCN2C(=O)[C@H]2CCCN2C(=O)CN(C)C(=O)OC(C)(C)C)cc2ccc(C#N)cc21. The number of aryl methyl sites for hydroxylation is 2. The number of rotatable bonds is 7. The fraction of sp³-hybridized carbons (Fsp3) is 0.600. The molecule has 0 aliphatic carbocycles. The standard InChI is InChI=1S/C30H41N5O4/c1-6-33-24(18-22-12-11-21(19-31)17-26(22)33)14-13-23-9-7-15-34(23)28(37)25-10-8-16-35(25)27(36)20-32(5)29(38)39-30(2,3)4/h11-12,17-18,23,25H,6-10,13-16,20H2,1-5H3/t23-,25+/m0/s1. The second kappa shape index (κ2) is 11.7. The molecule has 2 aliphatic rings. The number of benzene rings is 1. The highest BCUT2D eigenvalue weighted by Gasteiger charge is 2.40. The molecule has 4 rings (SSSR count). The summed E-state index contributed by atoms with van der Waals surface area (Å²) in [5.74, 6) is -0.197. The van der Waals surface area contributed by atoms with Gasteiger partial charge in [0.1, 0.15) is 18.2 Å². The third-order valence-electron chi connectivity index (χ3n) is 7.77. The van der Waals surface area contributed by atoms with Crippen molar-refractivity contribution in [2.24, 2.45) is 0 Å². The van der Waals surface area contributed by atoms with Gasteiger partial charge in [0, 0.05) is 43.9 Å². The molecule has 2 fully saturated rings. The zero-order valence-corrected chi connectivity index (χ0v) is 23.9. The van der Waals surface area contributed by atoms with Crippen LogP contribution in [0.15, 0.2) is 24.3 Å². The van der Waals surface area contributed by atoms with E-state index in [0.29, 0.717) is 25.1 Å². The van der Waals surface area contributed by atoms with Crippen LogP contribution in [0, 0.1) is 11.3 Å². The molecular formula is C30H41N5O4. The molecule has 0 unspecified atom stereocenters. The molecule has 2 saturated heterocycles. The lowest BCUT2D eigenvalue weighted by molar-refractivity contribution is -0.144. The smallest absolute Gasteiger partial charge is 0.410 e. The first-order chi connectivity index (χ1) is 18.5. The lowest BCUT2D eigenvalue weighted by Gasteiger charge is -2.32. The Kier molecular flexibility index (Phi) is 8.53. The Bertz CT molecular complexity index is 1270. The highest BCUT2D eigenvalue weighted by molar-refractivity contribution is 5.90. The van der Waals surface area contributed by atoms with Crippen molar-refractivity contribution in [3.63, 3.8) is 0 Å². The molecular weight excluding hydrogens is 494 g/mol. The topological polar surface area (TPSA) is 98.9 Å². The van der Waals surface area contributed by atoms with Crippen LogP contribution in [0.1, 0.15) is 71.1 Å². The molecule has 0 saturated carbocycles. The van der Waals surface area contributed by atoms with Crippen molar-refractivity contribution in [3.05, 3.63) is 35.5 Å². The van der Waals surface area contributed by atoms with E-state index in [4.69, 9.17) is 4.74 Å². The fourth-order valence-corrected chi connectivity index (χ4v) is 5.91. The van der Waals surface area contributed by atoms with E-state index in [0.717, 1.165) is 49.6 Å². The lowest BCUT2D eigenvalue weighted by Crippen LogP contribution is -2.51. The Balaban J connectivity index is 1.40. The summed E-state index contributed by atoms with van der Waals surface area (Å²) in [4.78, 5) is 44.1. The Morgan fingerprint density at radius 2 is 1.82 bits per heavy atom. The van der Waals surface area contributed by atoms with Gasteiger partial charge in [-0.2, -0.15) is 5.26 Å². The van der Waals surface area contributed by atoms with Crippen molar-refractivity contribution >= 4 is 28.8 Å². The highest BCUT2D eigenvalue weighted by atomic mass is 16.6. The molecule has 9 nitrogen and oxygen atoms in total. The number of likely N-dealkylation sites (tertiary alicyclic amines) is 2. The molecule has 39 heavy (non-hydrogen) atoms. The number of nitriles is 1. The lowest BCUT2D eigenvalue weighted by atomic mass is 10.1. The van der Waals surface area contributed by atoms with E-state index in [9.17, 15) is 19.6 Å². The van der Waals surface area contributed by atoms with Crippen molar-refractivity contribution in [2.75, 3.05) is 26.7 Å². The number of carbonyl (C=O) groups is 3. The van der Waals surface area contributed by atoms with Gasteiger partial charge in [0.05, 0.1) is 11.6 Å². The van der Waals surface area contributed by atoms with Gasteiger partial charge >= 0.3 is 6.09 Å².